The molecule has 20 heavy (non-hydrogen) atoms. The van der Waals surface area contributed by atoms with E-state index in [1.165, 1.54) is 0 Å². The monoisotopic (exact) mass is 323 g/mol. The molecule has 2 aromatic heterocycles. The van der Waals surface area contributed by atoms with Gasteiger partial charge in [0.05, 0.1) is 16.3 Å². The summed E-state index contributed by atoms with van der Waals surface area (Å²) in [6.07, 6.45) is 1.56. The Morgan fingerprint density at radius 3 is 2.85 bits per heavy atom. The van der Waals surface area contributed by atoms with Crippen LogP contribution in [-0.2, 0) is 0 Å². The number of thiophene rings is 1. The molecular formula is C14H11Cl2N3S. The number of aromatic nitrogens is 2. The third-order valence-corrected chi connectivity index (χ3v) is 4.50. The Morgan fingerprint density at radius 1 is 1.20 bits per heavy atom. The largest absolute Gasteiger partial charge is 0.362 e. The van der Waals surface area contributed by atoms with Crippen molar-refractivity contribution >= 4 is 50.6 Å². The van der Waals surface area contributed by atoms with Gasteiger partial charge in [0, 0.05) is 10.0 Å². The first kappa shape index (κ1) is 13.6. The zero-order valence-electron chi connectivity index (χ0n) is 10.6. The zero-order chi connectivity index (χ0) is 14.1. The summed E-state index contributed by atoms with van der Waals surface area (Å²) in [5.41, 5.74) is 1.93. The Hall–Kier alpha value is -1.36. The van der Waals surface area contributed by atoms with Crippen molar-refractivity contribution in [2.24, 2.45) is 0 Å². The second-order valence-electron chi connectivity index (χ2n) is 4.39. The summed E-state index contributed by atoms with van der Waals surface area (Å²) >= 11 is 13.8. The van der Waals surface area contributed by atoms with E-state index in [-0.39, 0.29) is 6.04 Å². The van der Waals surface area contributed by atoms with Crippen molar-refractivity contribution in [2.45, 2.75) is 13.0 Å². The van der Waals surface area contributed by atoms with Crippen LogP contribution in [0, 0.1) is 0 Å². The first-order valence-corrected chi connectivity index (χ1v) is 7.68. The van der Waals surface area contributed by atoms with Crippen LogP contribution in [0.25, 0.3) is 10.2 Å². The molecule has 1 N–H and O–H groups in total. The van der Waals surface area contributed by atoms with Gasteiger partial charge < -0.3 is 5.32 Å². The Balaban J connectivity index is 1.92. The third-order valence-electron chi connectivity index (χ3n) is 3.03. The molecule has 3 rings (SSSR count). The van der Waals surface area contributed by atoms with Crippen molar-refractivity contribution in [1.29, 1.82) is 0 Å². The lowest BCUT2D eigenvalue weighted by Gasteiger charge is -2.16. The topological polar surface area (TPSA) is 37.8 Å². The molecule has 0 saturated carbocycles. The molecule has 0 fully saturated rings. The lowest BCUT2D eigenvalue weighted by atomic mass is 10.1. The molecule has 6 heteroatoms. The van der Waals surface area contributed by atoms with Crippen LogP contribution < -0.4 is 5.32 Å². The van der Waals surface area contributed by atoms with E-state index in [1.807, 2.05) is 30.5 Å². The summed E-state index contributed by atoms with van der Waals surface area (Å²) < 4.78 is 1.05. The molecule has 0 spiro atoms. The van der Waals surface area contributed by atoms with Crippen LogP contribution in [-0.4, -0.2) is 9.97 Å². The minimum Gasteiger partial charge on any atom is -0.362 e. The number of nitrogens with zero attached hydrogens (tertiary/aromatic N) is 2. The molecular weight excluding hydrogens is 313 g/mol. The minimum atomic E-state index is 0.0277. The van der Waals surface area contributed by atoms with Crippen molar-refractivity contribution < 1.29 is 0 Å². The highest BCUT2D eigenvalue weighted by Gasteiger charge is 2.13. The molecule has 1 atom stereocenters. The number of halogens is 2. The molecule has 0 amide bonds. The number of rotatable bonds is 3. The Morgan fingerprint density at radius 2 is 2.05 bits per heavy atom. The van der Waals surface area contributed by atoms with Crippen LogP contribution in [0.3, 0.4) is 0 Å². The molecule has 3 nitrogen and oxygen atoms in total. The maximum absolute atomic E-state index is 6.23. The van der Waals surface area contributed by atoms with Gasteiger partial charge in [-0.25, -0.2) is 9.97 Å². The fourth-order valence-corrected chi connectivity index (χ4v) is 3.40. The molecule has 0 aliphatic heterocycles. The molecule has 0 bridgehead atoms. The molecule has 0 saturated heterocycles. The minimum absolute atomic E-state index is 0.0277. The summed E-state index contributed by atoms with van der Waals surface area (Å²) in [5, 5.41) is 6.66. The first-order chi connectivity index (χ1) is 9.65. The van der Waals surface area contributed by atoms with Crippen LogP contribution in [0.15, 0.2) is 36.0 Å². The third kappa shape index (κ3) is 2.59. The molecule has 0 radical (unpaired) electrons. The molecule has 0 aliphatic rings. The van der Waals surface area contributed by atoms with Crippen LogP contribution in [0.2, 0.25) is 10.0 Å². The number of hydrogen-bond donors (Lipinski definition) is 1. The van der Waals surface area contributed by atoms with Crippen LogP contribution in [0.1, 0.15) is 18.5 Å². The van der Waals surface area contributed by atoms with E-state index in [9.17, 15) is 0 Å². The highest BCUT2D eigenvalue weighted by molar-refractivity contribution is 7.17. The van der Waals surface area contributed by atoms with Gasteiger partial charge in [0.15, 0.2) is 0 Å². The fourth-order valence-electron chi connectivity index (χ4n) is 2.03. The van der Waals surface area contributed by atoms with Gasteiger partial charge in [-0.05, 0) is 36.1 Å². The van der Waals surface area contributed by atoms with E-state index >= 15 is 0 Å². The number of fused-ring (bicyclic) bond motifs is 1. The molecule has 2 heterocycles. The SMILES string of the molecule is CC(Nc1ncnc2ccsc12)c1ccc(Cl)cc1Cl. The van der Waals surface area contributed by atoms with E-state index in [2.05, 4.69) is 15.3 Å². The van der Waals surface area contributed by atoms with Gasteiger partial charge in [-0.1, -0.05) is 29.3 Å². The van der Waals surface area contributed by atoms with Crippen molar-refractivity contribution in [1.82, 2.24) is 9.97 Å². The van der Waals surface area contributed by atoms with Crippen molar-refractivity contribution in [3.05, 3.63) is 51.6 Å². The molecule has 0 aliphatic carbocycles. The zero-order valence-corrected chi connectivity index (χ0v) is 12.9. The number of benzene rings is 1. The number of nitrogens with one attached hydrogen (secondary N) is 1. The van der Waals surface area contributed by atoms with Crippen molar-refractivity contribution in [3.63, 3.8) is 0 Å². The summed E-state index contributed by atoms with van der Waals surface area (Å²) in [6.45, 7) is 2.04. The molecule has 1 unspecified atom stereocenters. The van der Waals surface area contributed by atoms with Gasteiger partial charge in [-0.15, -0.1) is 11.3 Å². The van der Waals surface area contributed by atoms with Crippen molar-refractivity contribution in [2.75, 3.05) is 5.32 Å². The van der Waals surface area contributed by atoms with E-state index in [1.54, 1.807) is 23.7 Å². The smallest absolute Gasteiger partial charge is 0.147 e. The summed E-state index contributed by atoms with van der Waals surface area (Å²) in [5.74, 6) is 0.823. The normalized spacial score (nSPS) is 12.6. The van der Waals surface area contributed by atoms with Gasteiger partial charge in [-0.2, -0.15) is 0 Å². The van der Waals surface area contributed by atoms with E-state index in [4.69, 9.17) is 23.2 Å². The maximum atomic E-state index is 6.23. The van der Waals surface area contributed by atoms with Gasteiger partial charge in [0.2, 0.25) is 0 Å². The quantitative estimate of drug-likeness (QED) is 0.722. The Bertz CT molecular complexity index is 757. The predicted molar refractivity (Wildman–Crippen MR) is 85.9 cm³/mol. The van der Waals surface area contributed by atoms with Gasteiger partial charge in [0.25, 0.3) is 0 Å². The standard InChI is InChI=1S/C14H11Cl2N3S/c1-8(10-3-2-9(15)6-11(10)16)19-14-13-12(4-5-20-13)17-7-18-14/h2-8H,1H3,(H,17,18,19). The van der Waals surface area contributed by atoms with Crippen molar-refractivity contribution in [3.8, 4) is 0 Å². The average Bonchev–Trinajstić information content (AvgIpc) is 2.87. The first-order valence-electron chi connectivity index (χ1n) is 6.05. The van der Waals surface area contributed by atoms with Gasteiger partial charge in [0.1, 0.15) is 12.1 Å². The lowest BCUT2D eigenvalue weighted by molar-refractivity contribution is 0.877. The Kier molecular flexibility index (Phi) is 3.78. The summed E-state index contributed by atoms with van der Waals surface area (Å²) in [4.78, 5) is 8.54. The van der Waals surface area contributed by atoms with Crippen LogP contribution in [0.5, 0.6) is 0 Å². The second-order valence-corrected chi connectivity index (χ2v) is 6.15. The van der Waals surface area contributed by atoms with E-state index in [0.717, 1.165) is 21.6 Å². The molecule has 1 aromatic carbocycles. The maximum Gasteiger partial charge on any atom is 0.147 e. The average molecular weight is 324 g/mol. The van der Waals surface area contributed by atoms with E-state index < -0.39 is 0 Å². The highest BCUT2D eigenvalue weighted by Crippen LogP contribution is 2.31. The highest BCUT2D eigenvalue weighted by atomic mass is 35.5. The number of anilines is 1. The van der Waals surface area contributed by atoms with Gasteiger partial charge in [-0.3, -0.25) is 0 Å². The predicted octanol–water partition coefficient (Wildman–Crippen LogP) is 5.17. The summed E-state index contributed by atoms with van der Waals surface area (Å²) in [6, 6.07) is 7.51. The Labute approximate surface area is 130 Å². The fraction of sp³-hybridized carbons (Fsp3) is 0.143. The molecule has 3 aromatic rings. The van der Waals surface area contributed by atoms with Crippen LogP contribution in [0.4, 0.5) is 5.82 Å². The number of hydrogen-bond acceptors (Lipinski definition) is 4. The van der Waals surface area contributed by atoms with E-state index in [0.29, 0.717) is 10.0 Å². The van der Waals surface area contributed by atoms with Crippen LogP contribution >= 0.6 is 34.5 Å². The lowest BCUT2D eigenvalue weighted by Crippen LogP contribution is -2.08. The summed E-state index contributed by atoms with van der Waals surface area (Å²) in [7, 11) is 0. The second kappa shape index (κ2) is 5.56. The molecule has 102 valence electrons. The van der Waals surface area contributed by atoms with Gasteiger partial charge >= 0.3 is 0 Å².